The number of anilines is 1. The lowest BCUT2D eigenvalue weighted by Crippen LogP contribution is -3.19. The Hall–Kier alpha value is -1.40. The van der Waals surface area contributed by atoms with Crippen LogP contribution >= 0.6 is 27.5 Å². The zero-order valence-electron chi connectivity index (χ0n) is 13.6. The van der Waals surface area contributed by atoms with E-state index in [2.05, 4.69) is 27.3 Å². The highest BCUT2D eigenvalue weighted by Crippen LogP contribution is 2.40. The van der Waals surface area contributed by atoms with Crippen LogP contribution in [0.4, 0.5) is 5.69 Å². The fourth-order valence-corrected chi connectivity index (χ4v) is 4.52. The molecule has 0 unspecified atom stereocenters. The van der Waals surface area contributed by atoms with Crippen molar-refractivity contribution in [1.29, 1.82) is 0 Å². The first-order valence-corrected chi connectivity index (χ1v) is 9.59. The van der Waals surface area contributed by atoms with Gasteiger partial charge in [0.25, 0.3) is 5.91 Å². The lowest BCUT2D eigenvalue weighted by Gasteiger charge is -2.39. The molecule has 2 aliphatic heterocycles. The summed E-state index contributed by atoms with van der Waals surface area (Å²) >= 11 is 10.1. The lowest BCUT2D eigenvalue weighted by molar-refractivity contribution is -0.924. The maximum Gasteiger partial charge on any atom is 0.283 e. The Balaban J connectivity index is 1.87. The van der Waals surface area contributed by atoms with Gasteiger partial charge in [0.1, 0.15) is 13.1 Å². The average Bonchev–Trinajstić information content (AvgIpc) is 2.62. The van der Waals surface area contributed by atoms with Crippen LogP contribution in [0.25, 0.3) is 0 Å². The van der Waals surface area contributed by atoms with E-state index in [4.69, 9.17) is 16.3 Å². The number of halogens is 2. The third-order valence-electron chi connectivity index (χ3n) is 5.04. The first kappa shape index (κ1) is 17.0. The molecule has 25 heavy (non-hydrogen) atoms. The Labute approximate surface area is 160 Å². The van der Waals surface area contributed by atoms with Crippen molar-refractivity contribution in [3.05, 3.63) is 63.1 Å². The van der Waals surface area contributed by atoms with E-state index in [0.717, 1.165) is 34.4 Å². The molecule has 2 heterocycles. The maximum atomic E-state index is 13.0. The zero-order valence-corrected chi connectivity index (χ0v) is 15.9. The number of hydrogen-bond donors (Lipinski definition) is 2. The van der Waals surface area contributed by atoms with E-state index in [1.807, 2.05) is 36.4 Å². The van der Waals surface area contributed by atoms with Crippen molar-refractivity contribution in [2.45, 2.75) is 12.0 Å². The molecule has 0 saturated carbocycles. The number of quaternary nitrogens is 1. The van der Waals surface area contributed by atoms with Crippen LogP contribution < -0.4 is 10.2 Å². The number of amides is 1. The van der Waals surface area contributed by atoms with Gasteiger partial charge < -0.3 is 15.0 Å². The normalized spacial score (nSPS) is 23.8. The minimum atomic E-state index is -0.217. The number of carbonyl (C=O) groups is 1. The highest BCUT2D eigenvalue weighted by Gasteiger charge is 2.44. The Morgan fingerprint density at radius 2 is 1.88 bits per heavy atom. The molecule has 0 spiro atoms. The van der Waals surface area contributed by atoms with Crippen molar-refractivity contribution in [1.82, 2.24) is 0 Å². The SMILES string of the molecule is O=C1Nc2ccc(Br)cc2[C@@H](c2ccccc2Cl)[C@@H]1[NH+]1CCOCC1. The molecule has 4 rings (SSSR count). The third kappa shape index (κ3) is 3.22. The van der Waals surface area contributed by atoms with Gasteiger partial charge in [-0.1, -0.05) is 45.7 Å². The van der Waals surface area contributed by atoms with Crippen molar-refractivity contribution in [2.75, 3.05) is 31.6 Å². The minimum Gasteiger partial charge on any atom is -0.370 e. The summed E-state index contributed by atoms with van der Waals surface area (Å²) in [5.41, 5.74) is 2.97. The molecule has 6 heteroatoms. The molecular formula is C19H19BrClN2O2+. The number of ether oxygens (including phenoxy) is 1. The number of hydrogen-bond acceptors (Lipinski definition) is 2. The van der Waals surface area contributed by atoms with Gasteiger partial charge in [-0.15, -0.1) is 0 Å². The molecule has 2 N–H and O–H groups in total. The summed E-state index contributed by atoms with van der Waals surface area (Å²) in [6.07, 6.45) is 0. The Morgan fingerprint density at radius 1 is 1.12 bits per heavy atom. The van der Waals surface area contributed by atoms with E-state index >= 15 is 0 Å². The van der Waals surface area contributed by atoms with Crippen LogP contribution in [0.15, 0.2) is 46.9 Å². The van der Waals surface area contributed by atoms with Crippen molar-refractivity contribution in [3.8, 4) is 0 Å². The second-order valence-electron chi connectivity index (χ2n) is 6.47. The quantitative estimate of drug-likeness (QED) is 0.781. The summed E-state index contributed by atoms with van der Waals surface area (Å²) in [7, 11) is 0. The van der Waals surface area contributed by atoms with E-state index < -0.39 is 0 Å². The number of rotatable bonds is 2. The van der Waals surface area contributed by atoms with Crippen LogP contribution in [0, 0.1) is 0 Å². The van der Waals surface area contributed by atoms with Crippen LogP contribution in [-0.2, 0) is 9.53 Å². The summed E-state index contributed by atoms with van der Waals surface area (Å²) in [5, 5.41) is 3.79. The smallest absolute Gasteiger partial charge is 0.283 e. The standard InChI is InChI=1S/C19H18BrClN2O2/c20-12-5-6-16-14(11-12)17(13-3-1-2-4-15(13)21)18(19(24)22-16)23-7-9-25-10-8-23/h1-6,11,17-18H,7-10H2,(H,22,24)/p+1/t17-,18+/m1/s1. The van der Waals surface area contributed by atoms with Crippen LogP contribution in [0.1, 0.15) is 17.0 Å². The monoisotopic (exact) mass is 421 g/mol. The molecule has 2 aromatic rings. The molecule has 130 valence electrons. The van der Waals surface area contributed by atoms with E-state index in [-0.39, 0.29) is 17.9 Å². The largest absolute Gasteiger partial charge is 0.370 e. The van der Waals surface area contributed by atoms with Gasteiger partial charge in [-0.05, 0) is 35.4 Å². The molecule has 0 aromatic heterocycles. The molecule has 1 fully saturated rings. The van der Waals surface area contributed by atoms with Crippen molar-refractivity contribution in [2.24, 2.45) is 0 Å². The van der Waals surface area contributed by atoms with Crippen molar-refractivity contribution in [3.63, 3.8) is 0 Å². The van der Waals surface area contributed by atoms with E-state index in [9.17, 15) is 4.79 Å². The predicted molar refractivity (Wildman–Crippen MR) is 101 cm³/mol. The second-order valence-corrected chi connectivity index (χ2v) is 7.79. The van der Waals surface area contributed by atoms with Crippen molar-refractivity contribution >= 4 is 39.1 Å². The number of nitrogens with one attached hydrogen (secondary N) is 2. The van der Waals surface area contributed by atoms with Crippen LogP contribution in [-0.4, -0.2) is 38.3 Å². The number of benzene rings is 2. The molecule has 1 amide bonds. The van der Waals surface area contributed by atoms with E-state index in [1.54, 1.807) is 0 Å². The zero-order chi connectivity index (χ0) is 17.4. The summed E-state index contributed by atoms with van der Waals surface area (Å²) in [6.45, 7) is 3.00. The summed E-state index contributed by atoms with van der Waals surface area (Å²) < 4.78 is 6.49. The maximum absolute atomic E-state index is 13.0. The van der Waals surface area contributed by atoms with Gasteiger partial charge in [0, 0.05) is 15.2 Å². The topological polar surface area (TPSA) is 42.8 Å². The lowest BCUT2D eigenvalue weighted by atomic mass is 9.80. The van der Waals surface area contributed by atoms with Crippen LogP contribution in [0.3, 0.4) is 0 Å². The fourth-order valence-electron chi connectivity index (χ4n) is 3.89. The molecule has 0 aliphatic carbocycles. The summed E-state index contributed by atoms with van der Waals surface area (Å²) in [6, 6.07) is 13.6. The molecule has 0 bridgehead atoms. The van der Waals surface area contributed by atoms with Gasteiger partial charge in [0.15, 0.2) is 6.04 Å². The van der Waals surface area contributed by atoms with Gasteiger partial charge in [-0.2, -0.15) is 0 Å². The molecule has 4 nitrogen and oxygen atoms in total. The van der Waals surface area contributed by atoms with Crippen molar-refractivity contribution < 1.29 is 14.4 Å². The van der Waals surface area contributed by atoms with Gasteiger partial charge in [-0.3, -0.25) is 4.79 Å². The minimum absolute atomic E-state index is 0.0524. The molecule has 2 aliphatic rings. The highest BCUT2D eigenvalue weighted by molar-refractivity contribution is 9.10. The molecular weight excluding hydrogens is 404 g/mol. The predicted octanol–water partition coefficient (Wildman–Crippen LogP) is 2.47. The Morgan fingerprint density at radius 3 is 2.64 bits per heavy atom. The third-order valence-corrected chi connectivity index (χ3v) is 5.87. The average molecular weight is 423 g/mol. The van der Waals surface area contributed by atoms with Gasteiger partial charge >= 0.3 is 0 Å². The van der Waals surface area contributed by atoms with Gasteiger partial charge in [0.05, 0.1) is 19.1 Å². The highest BCUT2D eigenvalue weighted by atomic mass is 79.9. The van der Waals surface area contributed by atoms with Crippen LogP contribution in [0.5, 0.6) is 0 Å². The first-order valence-electron chi connectivity index (χ1n) is 8.42. The van der Waals surface area contributed by atoms with Crippen LogP contribution in [0.2, 0.25) is 5.02 Å². The summed E-state index contributed by atoms with van der Waals surface area (Å²) in [5.74, 6) is -0.0281. The first-order chi connectivity index (χ1) is 12.1. The van der Waals surface area contributed by atoms with E-state index in [0.29, 0.717) is 18.2 Å². The Kier molecular flexibility index (Phi) is 4.82. The number of morpholine rings is 1. The van der Waals surface area contributed by atoms with Gasteiger partial charge in [-0.25, -0.2) is 0 Å². The Bertz CT molecular complexity index is 808. The molecule has 1 saturated heterocycles. The molecule has 2 atom stereocenters. The second kappa shape index (κ2) is 7.08. The van der Waals surface area contributed by atoms with E-state index in [1.165, 1.54) is 4.90 Å². The molecule has 2 aromatic carbocycles. The van der Waals surface area contributed by atoms with Gasteiger partial charge in [0.2, 0.25) is 0 Å². The summed E-state index contributed by atoms with van der Waals surface area (Å²) in [4.78, 5) is 14.3. The molecule has 0 radical (unpaired) electrons. The number of carbonyl (C=O) groups excluding carboxylic acids is 1. The number of fused-ring (bicyclic) bond motifs is 1. The fraction of sp³-hybridized carbons (Fsp3) is 0.316.